The van der Waals surface area contributed by atoms with Crippen LogP contribution in [0.1, 0.15) is 24.3 Å². The van der Waals surface area contributed by atoms with E-state index < -0.39 is 0 Å². The molecule has 0 aliphatic carbocycles. The number of nitrogen functional groups attached to an aromatic ring is 1. The molecule has 0 spiro atoms. The van der Waals surface area contributed by atoms with E-state index in [1.807, 2.05) is 13.8 Å². The molecule has 82 valence electrons. The van der Waals surface area contributed by atoms with Crippen molar-refractivity contribution in [1.82, 2.24) is 15.2 Å². The van der Waals surface area contributed by atoms with Crippen molar-refractivity contribution in [2.75, 3.05) is 12.3 Å². The maximum Gasteiger partial charge on any atom is 0.280 e. The van der Waals surface area contributed by atoms with E-state index in [1.54, 1.807) is 11.0 Å². The Hall–Kier alpha value is -1.85. The van der Waals surface area contributed by atoms with E-state index in [0.717, 1.165) is 0 Å². The summed E-state index contributed by atoms with van der Waals surface area (Å²) in [5.74, 6) is -0.293. The minimum Gasteiger partial charge on any atom is -0.379 e. The van der Waals surface area contributed by atoms with Gasteiger partial charge in [0.05, 0.1) is 0 Å². The predicted molar refractivity (Wildman–Crippen MR) is 55.1 cm³/mol. The first kappa shape index (κ1) is 11.2. The first-order valence-electron chi connectivity index (χ1n) is 4.57. The second-order valence-corrected chi connectivity index (χ2v) is 3.34. The van der Waals surface area contributed by atoms with Gasteiger partial charge in [0.2, 0.25) is 11.5 Å². The van der Waals surface area contributed by atoms with Gasteiger partial charge in [0.1, 0.15) is 0 Å². The number of carbonyl (C=O) groups is 1. The summed E-state index contributed by atoms with van der Waals surface area (Å²) in [6.45, 7) is 7.81. The van der Waals surface area contributed by atoms with Gasteiger partial charge in [0.25, 0.3) is 5.91 Å². The summed E-state index contributed by atoms with van der Waals surface area (Å²) in [7, 11) is 0. The summed E-state index contributed by atoms with van der Waals surface area (Å²) in [5.41, 5.74) is 5.48. The molecule has 0 aromatic carbocycles. The van der Waals surface area contributed by atoms with Crippen molar-refractivity contribution in [3.05, 3.63) is 18.3 Å². The second-order valence-electron chi connectivity index (χ2n) is 3.34. The highest BCUT2D eigenvalue weighted by atomic mass is 16.6. The van der Waals surface area contributed by atoms with Crippen LogP contribution in [0.4, 0.5) is 5.82 Å². The number of aromatic nitrogens is 2. The molecule has 0 saturated heterocycles. The molecule has 0 bridgehead atoms. The molecule has 0 saturated carbocycles. The molecule has 1 rings (SSSR count). The van der Waals surface area contributed by atoms with Crippen molar-refractivity contribution in [1.29, 1.82) is 0 Å². The molecule has 0 atom stereocenters. The SMILES string of the molecule is C=CCN(C(=O)c1nonc1N)C(C)C. The predicted octanol–water partition coefficient (Wildman–Crippen LogP) is 0.688. The number of carbonyl (C=O) groups excluding carboxylic acids is 1. The third kappa shape index (κ3) is 2.34. The standard InChI is InChI=1S/C9H14N4O2/c1-4-5-13(6(2)3)9(14)7-8(10)12-15-11-7/h4,6H,1,5H2,2-3H3,(H2,10,12). The van der Waals surface area contributed by atoms with Crippen LogP contribution in [0.25, 0.3) is 0 Å². The van der Waals surface area contributed by atoms with E-state index in [2.05, 4.69) is 21.5 Å². The fourth-order valence-electron chi connectivity index (χ4n) is 1.15. The van der Waals surface area contributed by atoms with Crippen molar-refractivity contribution in [2.45, 2.75) is 19.9 Å². The zero-order valence-electron chi connectivity index (χ0n) is 8.80. The maximum atomic E-state index is 11.9. The van der Waals surface area contributed by atoms with Gasteiger partial charge in [-0.1, -0.05) is 6.08 Å². The largest absolute Gasteiger partial charge is 0.379 e. The second kappa shape index (κ2) is 4.59. The van der Waals surface area contributed by atoms with Crippen LogP contribution in [-0.4, -0.2) is 33.7 Å². The van der Waals surface area contributed by atoms with Crippen molar-refractivity contribution < 1.29 is 9.42 Å². The van der Waals surface area contributed by atoms with Crippen LogP contribution in [-0.2, 0) is 0 Å². The summed E-state index contributed by atoms with van der Waals surface area (Å²) in [6, 6.07) is 0.0339. The molecule has 6 heteroatoms. The van der Waals surface area contributed by atoms with E-state index in [9.17, 15) is 4.79 Å². The van der Waals surface area contributed by atoms with Crippen LogP contribution in [0.3, 0.4) is 0 Å². The Labute approximate surface area is 87.7 Å². The third-order valence-electron chi connectivity index (χ3n) is 1.93. The highest BCUT2D eigenvalue weighted by Crippen LogP contribution is 2.10. The zero-order valence-corrected chi connectivity index (χ0v) is 8.80. The molecule has 0 aliphatic rings. The summed E-state index contributed by atoms with van der Waals surface area (Å²) >= 11 is 0. The van der Waals surface area contributed by atoms with E-state index >= 15 is 0 Å². The van der Waals surface area contributed by atoms with Gasteiger partial charge in [-0.25, -0.2) is 4.63 Å². The molecule has 0 aliphatic heterocycles. The molecule has 0 fully saturated rings. The minimum absolute atomic E-state index is 0.00899. The Morgan fingerprint density at radius 2 is 2.33 bits per heavy atom. The third-order valence-corrected chi connectivity index (χ3v) is 1.93. The van der Waals surface area contributed by atoms with E-state index in [4.69, 9.17) is 5.73 Å². The summed E-state index contributed by atoms with van der Waals surface area (Å²) in [4.78, 5) is 13.5. The molecular formula is C9H14N4O2. The topological polar surface area (TPSA) is 85.2 Å². The number of hydrogen-bond acceptors (Lipinski definition) is 5. The quantitative estimate of drug-likeness (QED) is 0.739. The van der Waals surface area contributed by atoms with Crippen LogP contribution in [0.15, 0.2) is 17.3 Å². The highest BCUT2D eigenvalue weighted by molar-refractivity contribution is 5.96. The Morgan fingerprint density at radius 1 is 1.67 bits per heavy atom. The molecule has 1 heterocycles. The number of amides is 1. The van der Waals surface area contributed by atoms with Gasteiger partial charge in [-0.2, -0.15) is 0 Å². The summed E-state index contributed by atoms with van der Waals surface area (Å²) < 4.78 is 4.38. The van der Waals surface area contributed by atoms with Crippen LogP contribution in [0, 0.1) is 0 Å². The molecule has 1 amide bonds. The van der Waals surface area contributed by atoms with Crippen molar-refractivity contribution >= 4 is 11.7 Å². The monoisotopic (exact) mass is 210 g/mol. The van der Waals surface area contributed by atoms with Crippen LogP contribution in [0.5, 0.6) is 0 Å². The Morgan fingerprint density at radius 3 is 2.73 bits per heavy atom. The minimum atomic E-state index is -0.302. The molecule has 1 aromatic rings. The Balaban J connectivity index is 2.90. The fourth-order valence-corrected chi connectivity index (χ4v) is 1.15. The lowest BCUT2D eigenvalue weighted by molar-refractivity contribution is 0.0718. The number of anilines is 1. The van der Waals surface area contributed by atoms with Gasteiger partial charge in [0, 0.05) is 12.6 Å². The van der Waals surface area contributed by atoms with Gasteiger partial charge in [-0.15, -0.1) is 6.58 Å². The summed E-state index contributed by atoms with van der Waals surface area (Å²) in [5, 5.41) is 6.82. The van der Waals surface area contributed by atoms with E-state index in [1.165, 1.54) is 0 Å². The smallest absolute Gasteiger partial charge is 0.280 e. The van der Waals surface area contributed by atoms with Gasteiger partial charge in [-0.3, -0.25) is 4.79 Å². The van der Waals surface area contributed by atoms with Gasteiger partial charge in [0.15, 0.2) is 0 Å². The molecule has 15 heavy (non-hydrogen) atoms. The molecule has 2 N–H and O–H groups in total. The summed E-state index contributed by atoms with van der Waals surface area (Å²) in [6.07, 6.45) is 1.64. The molecular weight excluding hydrogens is 196 g/mol. The van der Waals surface area contributed by atoms with Gasteiger partial charge >= 0.3 is 0 Å². The normalized spacial score (nSPS) is 10.3. The average Bonchev–Trinajstić information content (AvgIpc) is 2.59. The van der Waals surface area contributed by atoms with Crippen molar-refractivity contribution in [3.63, 3.8) is 0 Å². The van der Waals surface area contributed by atoms with Crippen molar-refractivity contribution in [3.8, 4) is 0 Å². The first-order valence-corrected chi connectivity index (χ1v) is 4.57. The molecule has 0 unspecified atom stereocenters. The molecule has 6 nitrogen and oxygen atoms in total. The Bertz CT molecular complexity index is 359. The van der Waals surface area contributed by atoms with E-state index in [0.29, 0.717) is 6.54 Å². The maximum absolute atomic E-state index is 11.9. The lowest BCUT2D eigenvalue weighted by Gasteiger charge is -2.23. The highest BCUT2D eigenvalue weighted by Gasteiger charge is 2.23. The lowest BCUT2D eigenvalue weighted by atomic mass is 10.2. The van der Waals surface area contributed by atoms with Crippen LogP contribution >= 0.6 is 0 Å². The number of nitrogens with zero attached hydrogens (tertiary/aromatic N) is 3. The van der Waals surface area contributed by atoms with Crippen LogP contribution in [0.2, 0.25) is 0 Å². The number of nitrogens with two attached hydrogens (primary N) is 1. The first-order chi connectivity index (χ1) is 7.07. The number of rotatable bonds is 4. The van der Waals surface area contributed by atoms with E-state index in [-0.39, 0.29) is 23.5 Å². The lowest BCUT2D eigenvalue weighted by Crippen LogP contribution is -2.37. The van der Waals surface area contributed by atoms with Crippen LogP contribution < -0.4 is 5.73 Å². The number of hydrogen-bond donors (Lipinski definition) is 1. The van der Waals surface area contributed by atoms with Gasteiger partial charge < -0.3 is 10.6 Å². The Kier molecular flexibility index (Phi) is 3.43. The van der Waals surface area contributed by atoms with Gasteiger partial charge in [-0.05, 0) is 24.2 Å². The molecule has 1 aromatic heterocycles. The van der Waals surface area contributed by atoms with Crippen molar-refractivity contribution in [2.24, 2.45) is 0 Å². The average molecular weight is 210 g/mol. The zero-order chi connectivity index (χ0) is 11.4. The fraction of sp³-hybridized carbons (Fsp3) is 0.444. The molecule has 0 radical (unpaired) electrons.